The van der Waals surface area contributed by atoms with Gasteiger partial charge in [0.2, 0.25) is 0 Å². The van der Waals surface area contributed by atoms with Crippen LogP contribution in [0, 0.1) is 0 Å². The van der Waals surface area contributed by atoms with Crippen molar-refractivity contribution in [3.8, 4) is 0 Å². The van der Waals surface area contributed by atoms with E-state index in [0.717, 1.165) is 0 Å². The molecule has 43 heavy (non-hydrogen) atoms. The van der Waals surface area contributed by atoms with Crippen molar-refractivity contribution in [3.05, 3.63) is 11.6 Å². The van der Waals surface area contributed by atoms with Gasteiger partial charge in [0.1, 0.15) is 79.4 Å². The molecule has 18 nitrogen and oxygen atoms in total. The van der Waals surface area contributed by atoms with Gasteiger partial charge in [0.25, 0.3) is 0 Å². The van der Waals surface area contributed by atoms with Crippen LogP contribution in [-0.2, 0) is 23.7 Å². The van der Waals surface area contributed by atoms with Gasteiger partial charge in [-0.15, -0.1) is 0 Å². The standard InChI is InChI=1S/C25H43NO17/c1-7-13(26-9-2-8(3-27)14(31)18(35)15(9)32)17(34)20(37)24(40-7)43-23-12(5-29)41-25(21(38)19(23)36)42-22-11(4-28)39-6-10(30)16(22)33/h2,7,9-38H,3-6H2,1H3. The van der Waals surface area contributed by atoms with E-state index in [1.54, 1.807) is 0 Å². The molecule has 4 aliphatic rings. The summed E-state index contributed by atoms with van der Waals surface area (Å²) in [6.45, 7) is -0.795. The third-order valence-electron chi connectivity index (χ3n) is 8.39. The van der Waals surface area contributed by atoms with Crippen LogP contribution in [0.5, 0.6) is 0 Å². The Labute approximate surface area is 245 Å². The first kappa shape index (κ1) is 34.9. The average Bonchev–Trinajstić information content (AvgIpc) is 2.99. The van der Waals surface area contributed by atoms with Crippen LogP contribution < -0.4 is 5.32 Å². The zero-order valence-corrected chi connectivity index (χ0v) is 23.2. The lowest BCUT2D eigenvalue weighted by Crippen LogP contribution is -2.68. The first-order valence-electron chi connectivity index (χ1n) is 14.0. The Hall–Kier alpha value is -0.980. The number of aliphatic hydroxyl groups is 12. The van der Waals surface area contributed by atoms with E-state index in [9.17, 15) is 61.3 Å². The molecule has 3 saturated heterocycles. The molecule has 0 aromatic heterocycles. The fourth-order valence-electron chi connectivity index (χ4n) is 5.76. The van der Waals surface area contributed by atoms with Crippen LogP contribution in [0.3, 0.4) is 0 Å². The number of ether oxygens (including phenoxy) is 5. The van der Waals surface area contributed by atoms with Crippen molar-refractivity contribution in [2.75, 3.05) is 26.4 Å². The summed E-state index contributed by atoms with van der Waals surface area (Å²) in [7, 11) is 0. The van der Waals surface area contributed by atoms with Crippen molar-refractivity contribution in [3.63, 3.8) is 0 Å². The number of aliphatic hydroxyl groups excluding tert-OH is 12. The molecule has 0 spiro atoms. The summed E-state index contributed by atoms with van der Waals surface area (Å²) in [5, 5.41) is 126. The Morgan fingerprint density at radius 2 is 1.30 bits per heavy atom. The molecule has 0 radical (unpaired) electrons. The Morgan fingerprint density at radius 1 is 0.721 bits per heavy atom. The van der Waals surface area contributed by atoms with Crippen molar-refractivity contribution in [2.45, 2.75) is 117 Å². The lowest BCUT2D eigenvalue weighted by atomic mass is 9.86. The Balaban J connectivity index is 1.42. The van der Waals surface area contributed by atoms with E-state index in [2.05, 4.69) is 5.32 Å². The molecule has 3 heterocycles. The first-order valence-corrected chi connectivity index (χ1v) is 14.0. The van der Waals surface area contributed by atoms with E-state index in [4.69, 9.17) is 23.7 Å². The minimum Gasteiger partial charge on any atom is -0.394 e. The highest BCUT2D eigenvalue weighted by Gasteiger charge is 2.52. The molecule has 0 aromatic carbocycles. The van der Waals surface area contributed by atoms with Crippen LogP contribution in [0.4, 0.5) is 0 Å². The van der Waals surface area contributed by atoms with Crippen molar-refractivity contribution in [1.82, 2.24) is 5.32 Å². The molecule has 0 bridgehead atoms. The molecule has 4 rings (SSSR count). The summed E-state index contributed by atoms with van der Waals surface area (Å²) in [5.74, 6) is 0. The minimum atomic E-state index is -1.86. The van der Waals surface area contributed by atoms with Crippen LogP contribution in [0.25, 0.3) is 0 Å². The second kappa shape index (κ2) is 14.6. The van der Waals surface area contributed by atoms with Gasteiger partial charge in [0.15, 0.2) is 12.6 Å². The van der Waals surface area contributed by atoms with Gasteiger partial charge < -0.3 is 90.3 Å². The van der Waals surface area contributed by atoms with Crippen molar-refractivity contribution in [1.29, 1.82) is 0 Å². The summed E-state index contributed by atoms with van der Waals surface area (Å²) < 4.78 is 27.8. The summed E-state index contributed by atoms with van der Waals surface area (Å²) in [6, 6.07) is -2.13. The SMILES string of the molecule is CC1OC(OC2C(CO)OC(OC3C(CO)OCC(O)C3O)C(O)C2O)C(O)C(O)C1NC1C=C(CO)C(O)C(O)C1O. The molecule has 250 valence electrons. The smallest absolute Gasteiger partial charge is 0.187 e. The summed E-state index contributed by atoms with van der Waals surface area (Å²) in [5.41, 5.74) is 0.0340. The third kappa shape index (κ3) is 7.07. The molecule has 0 amide bonds. The lowest BCUT2D eigenvalue weighted by Gasteiger charge is -2.48. The van der Waals surface area contributed by atoms with Crippen LogP contribution in [0.1, 0.15) is 6.92 Å². The number of hydrogen-bond acceptors (Lipinski definition) is 18. The third-order valence-corrected chi connectivity index (χ3v) is 8.39. The van der Waals surface area contributed by atoms with Gasteiger partial charge in [0.05, 0.1) is 44.6 Å². The quantitative estimate of drug-likeness (QED) is 0.105. The topological polar surface area (TPSA) is 301 Å². The van der Waals surface area contributed by atoms with Crippen molar-refractivity contribution < 1.29 is 85.0 Å². The highest BCUT2D eigenvalue weighted by Crippen LogP contribution is 2.32. The van der Waals surface area contributed by atoms with Gasteiger partial charge in [0, 0.05) is 0 Å². The molecule has 3 aliphatic heterocycles. The fourth-order valence-corrected chi connectivity index (χ4v) is 5.76. The molecular formula is C25H43NO17. The maximum atomic E-state index is 10.9. The van der Waals surface area contributed by atoms with Gasteiger partial charge in [-0.05, 0) is 12.5 Å². The second-order valence-electron chi connectivity index (χ2n) is 11.3. The number of hydrogen-bond donors (Lipinski definition) is 13. The highest BCUT2D eigenvalue weighted by molar-refractivity contribution is 5.22. The van der Waals surface area contributed by atoms with E-state index in [1.807, 2.05) is 0 Å². The maximum absolute atomic E-state index is 10.9. The second-order valence-corrected chi connectivity index (χ2v) is 11.3. The molecule has 18 heteroatoms. The predicted octanol–water partition coefficient (Wildman–Crippen LogP) is -7.88. The molecule has 18 unspecified atom stereocenters. The number of rotatable bonds is 9. The largest absolute Gasteiger partial charge is 0.394 e. The monoisotopic (exact) mass is 629 g/mol. The minimum absolute atomic E-state index is 0.0340. The maximum Gasteiger partial charge on any atom is 0.187 e. The lowest BCUT2D eigenvalue weighted by molar-refractivity contribution is -0.365. The first-order chi connectivity index (χ1) is 20.3. The molecule has 3 fully saturated rings. The van der Waals surface area contributed by atoms with Crippen LogP contribution >= 0.6 is 0 Å². The van der Waals surface area contributed by atoms with E-state index < -0.39 is 130 Å². The molecule has 1 aliphatic carbocycles. The van der Waals surface area contributed by atoms with E-state index in [0.29, 0.717) is 0 Å². The zero-order valence-electron chi connectivity index (χ0n) is 23.2. The van der Waals surface area contributed by atoms with Crippen molar-refractivity contribution in [2.24, 2.45) is 0 Å². The van der Waals surface area contributed by atoms with E-state index in [1.165, 1.54) is 13.0 Å². The summed E-state index contributed by atoms with van der Waals surface area (Å²) in [6.07, 6.45) is -23.1. The number of nitrogens with one attached hydrogen (secondary N) is 1. The van der Waals surface area contributed by atoms with E-state index in [-0.39, 0.29) is 12.2 Å². The Morgan fingerprint density at radius 3 is 1.91 bits per heavy atom. The average molecular weight is 630 g/mol. The Bertz CT molecular complexity index is 926. The normalized spacial score (nSPS) is 51.2. The summed E-state index contributed by atoms with van der Waals surface area (Å²) >= 11 is 0. The van der Waals surface area contributed by atoms with Gasteiger partial charge in [-0.1, -0.05) is 6.08 Å². The molecule has 18 atom stereocenters. The molecular weight excluding hydrogens is 586 g/mol. The molecule has 0 saturated carbocycles. The van der Waals surface area contributed by atoms with Gasteiger partial charge >= 0.3 is 0 Å². The Kier molecular flexibility index (Phi) is 11.9. The van der Waals surface area contributed by atoms with Crippen LogP contribution in [-0.4, -0.2) is 198 Å². The van der Waals surface area contributed by atoms with Crippen LogP contribution in [0.15, 0.2) is 11.6 Å². The molecule has 0 aromatic rings. The van der Waals surface area contributed by atoms with Gasteiger partial charge in [-0.2, -0.15) is 0 Å². The van der Waals surface area contributed by atoms with E-state index >= 15 is 0 Å². The highest BCUT2D eigenvalue weighted by atomic mass is 16.7. The van der Waals surface area contributed by atoms with Gasteiger partial charge in [-0.25, -0.2) is 0 Å². The van der Waals surface area contributed by atoms with Crippen LogP contribution in [0.2, 0.25) is 0 Å². The fraction of sp³-hybridized carbons (Fsp3) is 0.920. The predicted molar refractivity (Wildman–Crippen MR) is 137 cm³/mol. The molecule has 13 N–H and O–H groups in total. The summed E-state index contributed by atoms with van der Waals surface area (Å²) in [4.78, 5) is 0. The zero-order chi connectivity index (χ0) is 31.7. The van der Waals surface area contributed by atoms with Gasteiger partial charge in [-0.3, -0.25) is 0 Å². The van der Waals surface area contributed by atoms with Crippen molar-refractivity contribution >= 4 is 0 Å².